The highest BCUT2D eigenvalue weighted by molar-refractivity contribution is 5.79. The Hall–Kier alpha value is -0.730. The molecule has 0 amide bonds. The molecule has 0 aliphatic rings. The Bertz CT molecular complexity index is 59.8. The molecule has 0 saturated heterocycles. The number of ether oxygens (including phenoxy) is 1. The molecule has 0 aromatic carbocycles. The van der Waals surface area contributed by atoms with E-state index < -0.39 is 0 Å². The van der Waals surface area contributed by atoms with Crippen LogP contribution in [0.3, 0.4) is 0 Å². The molecule has 0 bridgehead atoms. The summed E-state index contributed by atoms with van der Waals surface area (Å²) in [6.45, 7) is 3.15. The summed E-state index contributed by atoms with van der Waals surface area (Å²) >= 11 is 0. The van der Waals surface area contributed by atoms with Crippen LogP contribution < -0.4 is 0 Å². The summed E-state index contributed by atoms with van der Waals surface area (Å²) in [5.74, 6) is 0.0231. The summed E-state index contributed by atoms with van der Waals surface area (Å²) in [5, 5.41) is 10.3. The van der Waals surface area contributed by atoms with Gasteiger partial charge >= 0.3 is 0 Å². The van der Waals surface area contributed by atoms with Crippen LogP contribution in [-0.4, -0.2) is 18.2 Å². The molecule has 0 aliphatic heterocycles. The van der Waals surface area contributed by atoms with Crippen molar-refractivity contribution in [3.05, 3.63) is 6.92 Å². The number of hydrogen-bond donors (Lipinski definition) is 1. The molecule has 35 valence electrons. The summed E-state index contributed by atoms with van der Waals surface area (Å²) < 4.78 is 4.29. The van der Waals surface area contributed by atoms with E-state index in [2.05, 4.69) is 16.8 Å². The summed E-state index contributed by atoms with van der Waals surface area (Å²) in [4.78, 5) is 0. The third kappa shape index (κ3) is 1.58. The maximum atomic E-state index is 7.74. The van der Waals surface area contributed by atoms with Crippen LogP contribution in [0.15, 0.2) is 5.16 Å². The van der Waals surface area contributed by atoms with E-state index in [-0.39, 0.29) is 5.90 Å². The van der Waals surface area contributed by atoms with E-state index in [0.717, 1.165) is 0 Å². The van der Waals surface area contributed by atoms with Crippen molar-refractivity contribution < 1.29 is 9.94 Å². The van der Waals surface area contributed by atoms with Crippen LogP contribution in [0.2, 0.25) is 0 Å². The molecule has 0 aliphatic carbocycles. The second kappa shape index (κ2) is 2.50. The molecule has 0 spiro atoms. The number of rotatable bonds is 0. The standard InChI is InChI=1S/C3H6NO2/c1-3(4-5)6-2/h5H,1H2,2H3. The van der Waals surface area contributed by atoms with Crippen molar-refractivity contribution in [1.29, 1.82) is 0 Å². The average Bonchev–Trinajstić information content (AvgIpc) is 1.65. The molecule has 0 atom stereocenters. The number of oxime groups is 1. The smallest absolute Gasteiger partial charge is 0.225 e. The Balaban J connectivity index is 3.22. The lowest BCUT2D eigenvalue weighted by Crippen LogP contribution is -1.91. The minimum absolute atomic E-state index is 0.0231. The molecule has 0 rings (SSSR count). The van der Waals surface area contributed by atoms with Crippen molar-refractivity contribution in [2.75, 3.05) is 7.11 Å². The molecule has 0 saturated carbocycles. The van der Waals surface area contributed by atoms with Crippen LogP contribution in [-0.2, 0) is 4.74 Å². The first-order chi connectivity index (χ1) is 2.81. The molecule has 0 unspecified atom stereocenters. The predicted molar refractivity (Wildman–Crippen MR) is 21.6 cm³/mol. The molecule has 0 fully saturated rings. The quantitative estimate of drug-likeness (QED) is 0.200. The summed E-state index contributed by atoms with van der Waals surface area (Å²) in [5.41, 5.74) is 0. The Labute approximate surface area is 36.2 Å². The van der Waals surface area contributed by atoms with E-state index in [1.165, 1.54) is 7.11 Å². The van der Waals surface area contributed by atoms with Crippen LogP contribution in [0.1, 0.15) is 0 Å². The fourth-order valence-electron chi connectivity index (χ4n) is 0.0408. The van der Waals surface area contributed by atoms with E-state index in [0.29, 0.717) is 0 Å². The third-order valence-corrected chi connectivity index (χ3v) is 0.347. The molecule has 0 aromatic heterocycles. The number of hydrogen-bond acceptors (Lipinski definition) is 3. The molecule has 1 N–H and O–H groups in total. The largest absolute Gasteiger partial charge is 0.482 e. The van der Waals surface area contributed by atoms with Crippen LogP contribution in [0.4, 0.5) is 0 Å². The summed E-state index contributed by atoms with van der Waals surface area (Å²) in [6, 6.07) is 0. The second-order valence-electron chi connectivity index (χ2n) is 0.698. The molecule has 0 heterocycles. The average molecular weight is 88.1 g/mol. The van der Waals surface area contributed by atoms with E-state index in [4.69, 9.17) is 5.21 Å². The van der Waals surface area contributed by atoms with Gasteiger partial charge in [0.2, 0.25) is 5.90 Å². The third-order valence-electron chi connectivity index (χ3n) is 0.347. The van der Waals surface area contributed by atoms with Gasteiger partial charge in [0.25, 0.3) is 0 Å². The van der Waals surface area contributed by atoms with Crippen LogP contribution in [0, 0.1) is 6.92 Å². The monoisotopic (exact) mass is 88.0 g/mol. The van der Waals surface area contributed by atoms with Crippen molar-refractivity contribution >= 4 is 5.90 Å². The van der Waals surface area contributed by atoms with Gasteiger partial charge in [-0.15, -0.1) is 0 Å². The Morgan fingerprint density at radius 1 is 2.00 bits per heavy atom. The predicted octanol–water partition coefficient (Wildman–Crippen LogP) is 0.255. The molecular formula is C3H6NO2. The summed E-state index contributed by atoms with van der Waals surface area (Å²) in [7, 11) is 1.38. The van der Waals surface area contributed by atoms with Gasteiger partial charge in [-0.25, -0.2) is 0 Å². The minimum Gasteiger partial charge on any atom is -0.482 e. The van der Waals surface area contributed by atoms with Crippen LogP contribution in [0.5, 0.6) is 0 Å². The zero-order valence-electron chi connectivity index (χ0n) is 3.51. The normalized spacial score (nSPS) is 11.3. The summed E-state index contributed by atoms with van der Waals surface area (Å²) in [6.07, 6.45) is 0. The van der Waals surface area contributed by atoms with Gasteiger partial charge in [0.15, 0.2) is 0 Å². The van der Waals surface area contributed by atoms with Crippen molar-refractivity contribution in [3.63, 3.8) is 0 Å². The first kappa shape index (κ1) is 5.27. The fraction of sp³-hybridized carbons (Fsp3) is 0.333. The first-order valence-electron chi connectivity index (χ1n) is 1.39. The van der Waals surface area contributed by atoms with E-state index in [9.17, 15) is 0 Å². The van der Waals surface area contributed by atoms with Crippen molar-refractivity contribution in [2.45, 2.75) is 0 Å². The van der Waals surface area contributed by atoms with Crippen molar-refractivity contribution in [1.82, 2.24) is 0 Å². The first-order valence-corrected chi connectivity index (χ1v) is 1.39. The van der Waals surface area contributed by atoms with Crippen LogP contribution in [0.25, 0.3) is 0 Å². The van der Waals surface area contributed by atoms with Gasteiger partial charge < -0.3 is 9.94 Å². The molecule has 1 radical (unpaired) electrons. The Morgan fingerprint density at radius 2 is 2.50 bits per heavy atom. The van der Waals surface area contributed by atoms with E-state index in [1.54, 1.807) is 0 Å². The maximum absolute atomic E-state index is 7.74. The SMILES string of the molecule is [CH2]C(=NO)OC. The lowest BCUT2D eigenvalue weighted by atomic mass is 10.8. The highest BCUT2D eigenvalue weighted by atomic mass is 16.5. The van der Waals surface area contributed by atoms with Gasteiger partial charge in [0.1, 0.15) is 0 Å². The number of methoxy groups -OCH3 is 1. The minimum atomic E-state index is 0.0231. The maximum Gasteiger partial charge on any atom is 0.225 e. The Kier molecular flexibility index (Phi) is 2.20. The van der Waals surface area contributed by atoms with Crippen LogP contribution >= 0.6 is 0 Å². The topological polar surface area (TPSA) is 41.8 Å². The van der Waals surface area contributed by atoms with Gasteiger partial charge in [-0.05, 0) is 0 Å². The molecule has 0 aromatic rings. The molecule has 3 nitrogen and oxygen atoms in total. The zero-order valence-corrected chi connectivity index (χ0v) is 3.51. The lowest BCUT2D eigenvalue weighted by molar-refractivity contribution is 0.288. The fourth-order valence-corrected chi connectivity index (χ4v) is 0.0408. The van der Waals surface area contributed by atoms with E-state index in [1.807, 2.05) is 0 Å². The van der Waals surface area contributed by atoms with Gasteiger partial charge in [0.05, 0.1) is 7.11 Å². The van der Waals surface area contributed by atoms with E-state index >= 15 is 0 Å². The highest BCUT2D eigenvalue weighted by Gasteiger charge is 1.77. The Morgan fingerprint density at radius 3 is 2.50 bits per heavy atom. The molecule has 6 heavy (non-hydrogen) atoms. The van der Waals surface area contributed by atoms with Gasteiger partial charge in [-0.2, -0.15) is 0 Å². The van der Waals surface area contributed by atoms with Gasteiger partial charge in [-0.1, -0.05) is 5.16 Å². The lowest BCUT2D eigenvalue weighted by Gasteiger charge is -1.87. The molecule has 3 heteroatoms. The number of nitrogens with zero attached hydrogens (tertiary/aromatic N) is 1. The molecular weight excluding hydrogens is 82.0 g/mol. The van der Waals surface area contributed by atoms with Crippen molar-refractivity contribution in [2.24, 2.45) is 5.16 Å². The zero-order chi connectivity index (χ0) is 4.99. The second-order valence-corrected chi connectivity index (χ2v) is 0.698. The van der Waals surface area contributed by atoms with Crippen molar-refractivity contribution in [3.8, 4) is 0 Å². The highest BCUT2D eigenvalue weighted by Crippen LogP contribution is 1.68. The van der Waals surface area contributed by atoms with Gasteiger partial charge in [-0.3, -0.25) is 0 Å². The van der Waals surface area contributed by atoms with Gasteiger partial charge in [0, 0.05) is 6.92 Å².